The molecule has 0 radical (unpaired) electrons. The Bertz CT molecular complexity index is 627. The van der Waals surface area contributed by atoms with Crippen molar-refractivity contribution < 1.29 is 20.1 Å². The first kappa shape index (κ1) is 22.8. The number of carboxylic acids is 1. The fourth-order valence-electron chi connectivity index (χ4n) is 2.58. The summed E-state index contributed by atoms with van der Waals surface area (Å²) >= 11 is 0. The lowest BCUT2D eigenvalue weighted by Crippen LogP contribution is -2.04. The largest absolute Gasteiger partial charge is 0.507 e. The van der Waals surface area contributed by atoms with Crippen LogP contribution < -0.4 is 0 Å². The summed E-state index contributed by atoms with van der Waals surface area (Å²) in [7, 11) is 0. The average Bonchev–Trinajstić information content (AvgIpc) is 2.73. The summed E-state index contributed by atoms with van der Waals surface area (Å²) in [5.74, 6) is -1.93. The molecular formula is C21H32O4. The van der Waals surface area contributed by atoms with Crippen LogP contribution in [-0.4, -0.2) is 21.3 Å². The van der Waals surface area contributed by atoms with Crippen molar-refractivity contribution in [3.63, 3.8) is 0 Å². The van der Waals surface area contributed by atoms with Gasteiger partial charge in [-0.05, 0) is 38.3 Å². The average molecular weight is 348 g/mol. The molecule has 2 rings (SSSR count). The summed E-state index contributed by atoms with van der Waals surface area (Å²) in [4.78, 5) is 11.2. The van der Waals surface area contributed by atoms with Gasteiger partial charge in [-0.25, -0.2) is 4.79 Å². The van der Waals surface area contributed by atoms with E-state index in [2.05, 4.69) is 13.8 Å². The summed E-state index contributed by atoms with van der Waals surface area (Å²) in [6.45, 7) is 11.8. The predicted octanol–water partition coefficient (Wildman–Crippen LogP) is 5.93. The lowest BCUT2D eigenvalue weighted by molar-refractivity contribution is 0.0692. The van der Waals surface area contributed by atoms with Gasteiger partial charge < -0.3 is 15.3 Å². The van der Waals surface area contributed by atoms with E-state index in [4.69, 9.17) is 0 Å². The number of carbonyl (C=O) groups is 1. The summed E-state index contributed by atoms with van der Waals surface area (Å²) < 4.78 is 0. The standard InChI is InChI=1S/C16H18O4.C3H8.C2H6/c1-9-5-3-4-6-11(7-9)14-12(17)8-10(2)13(15(14)18)16(19)20;1-3-2;1-2/h4,6-8,11,17-18H,3,5H2,1-2H3,(H,19,20);3H2,1-2H3;1-2H3. The molecule has 25 heavy (non-hydrogen) atoms. The first-order valence-electron chi connectivity index (χ1n) is 8.96. The summed E-state index contributed by atoms with van der Waals surface area (Å²) in [5.41, 5.74) is 1.60. The van der Waals surface area contributed by atoms with Gasteiger partial charge in [-0.2, -0.15) is 0 Å². The lowest BCUT2D eigenvalue weighted by Gasteiger charge is -2.16. The Kier molecular flexibility index (Phi) is 10.3. The monoisotopic (exact) mass is 348 g/mol. The number of aryl methyl sites for hydroxylation is 1. The Hall–Kier alpha value is -2.23. The number of rotatable bonds is 2. The van der Waals surface area contributed by atoms with Crippen molar-refractivity contribution in [3.05, 3.63) is 46.6 Å². The van der Waals surface area contributed by atoms with Crippen LogP contribution in [0.4, 0.5) is 0 Å². The first-order chi connectivity index (χ1) is 11.8. The van der Waals surface area contributed by atoms with Crippen LogP contribution in [-0.2, 0) is 0 Å². The van der Waals surface area contributed by atoms with E-state index in [0.717, 1.165) is 18.4 Å². The zero-order valence-electron chi connectivity index (χ0n) is 16.3. The van der Waals surface area contributed by atoms with Crippen LogP contribution in [0.2, 0.25) is 0 Å². The summed E-state index contributed by atoms with van der Waals surface area (Å²) in [6, 6.07) is 1.39. The van der Waals surface area contributed by atoms with Gasteiger partial charge in [-0.1, -0.05) is 57.9 Å². The highest BCUT2D eigenvalue weighted by molar-refractivity contribution is 5.93. The minimum atomic E-state index is -1.19. The van der Waals surface area contributed by atoms with Crippen LogP contribution in [0.15, 0.2) is 29.9 Å². The van der Waals surface area contributed by atoms with Crippen molar-refractivity contribution in [1.82, 2.24) is 0 Å². The van der Waals surface area contributed by atoms with Crippen molar-refractivity contribution in [1.29, 1.82) is 0 Å². The molecule has 0 aromatic heterocycles. The second-order valence-corrected chi connectivity index (χ2v) is 5.87. The Balaban J connectivity index is 0.00000104. The van der Waals surface area contributed by atoms with Gasteiger partial charge in [0.1, 0.15) is 17.1 Å². The molecule has 0 amide bonds. The summed E-state index contributed by atoms with van der Waals surface area (Å²) in [6.07, 6.45) is 8.88. The number of phenols is 2. The fraction of sp³-hybridized carbons (Fsp3) is 0.476. The number of carboxylic acid groups (broad SMARTS) is 1. The van der Waals surface area contributed by atoms with Crippen LogP contribution in [0.5, 0.6) is 11.5 Å². The van der Waals surface area contributed by atoms with Crippen molar-refractivity contribution in [2.75, 3.05) is 0 Å². The number of hydrogen-bond acceptors (Lipinski definition) is 3. The maximum absolute atomic E-state index is 11.2. The van der Waals surface area contributed by atoms with Crippen molar-refractivity contribution in [2.24, 2.45) is 0 Å². The molecule has 4 nitrogen and oxygen atoms in total. The van der Waals surface area contributed by atoms with Crippen LogP contribution in [0.3, 0.4) is 0 Å². The Morgan fingerprint density at radius 3 is 2.28 bits per heavy atom. The number of hydrogen-bond donors (Lipinski definition) is 3. The van der Waals surface area contributed by atoms with Crippen molar-refractivity contribution in [3.8, 4) is 11.5 Å². The third-order valence-corrected chi connectivity index (χ3v) is 3.58. The molecule has 3 N–H and O–H groups in total. The first-order valence-corrected chi connectivity index (χ1v) is 8.96. The van der Waals surface area contributed by atoms with Crippen LogP contribution in [0, 0.1) is 6.92 Å². The van der Waals surface area contributed by atoms with E-state index >= 15 is 0 Å². The molecule has 0 bridgehead atoms. The van der Waals surface area contributed by atoms with E-state index < -0.39 is 5.97 Å². The van der Waals surface area contributed by atoms with Crippen LogP contribution in [0.1, 0.15) is 81.3 Å². The Labute approximate surface area is 151 Å². The smallest absolute Gasteiger partial charge is 0.339 e. The Morgan fingerprint density at radius 1 is 1.20 bits per heavy atom. The topological polar surface area (TPSA) is 77.8 Å². The van der Waals surface area contributed by atoms with E-state index in [9.17, 15) is 20.1 Å². The molecule has 1 aliphatic rings. The second-order valence-electron chi connectivity index (χ2n) is 5.87. The SMILES string of the molecule is CC.CC1=CC(c2c(O)cc(C)c(C(=O)O)c2O)C=CCC1.CCC. The summed E-state index contributed by atoms with van der Waals surface area (Å²) in [5, 5.41) is 29.5. The van der Waals surface area contributed by atoms with Crippen molar-refractivity contribution >= 4 is 5.97 Å². The highest BCUT2D eigenvalue weighted by Crippen LogP contribution is 2.41. The number of allylic oxidation sites excluding steroid dienone is 4. The van der Waals surface area contributed by atoms with Gasteiger partial charge in [-0.3, -0.25) is 0 Å². The third-order valence-electron chi connectivity index (χ3n) is 3.58. The molecule has 1 aromatic rings. The number of benzene rings is 1. The van der Waals surface area contributed by atoms with Gasteiger partial charge in [0, 0.05) is 11.5 Å². The maximum Gasteiger partial charge on any atom is 0.339 e. The molecule has 0 saturated carbocycles. The van der Waals surface area contributed by atoms with E-state index in [1.165, 1.54) is 12.5 Å². The molecule has 1 unspecified atom stereocenters. The number of aromatic hydroxyl groups is 2. The molecule has 0 spiro atoms. The van der Waals surface area contributed by atoms with E-state index in [1.807, 2.05) is 39.0 Å². The van der Waals surface area contributed by atoms with Crippen molar-refractivity contribution in [2.45, 2.75) is 66.7 Å². The normalized spacial score (nSPS) is 15.8. The Morgan fingerprint density at radius 2 is 1.76 bits per heavy atom. The number of phenolic OH excluding ortho intramolecular Hbond substituents is 1. The molecule has 1 aliphatic carbocycles. The van der Waals surface area contributed by atoms with Gasteiger partial charge in [0.2, 0.25) is 0 Å². The van der Waals surface area contributed by atoms with Gasteiger partial charge in [0.15, 0.2) is 0 Å². The molecule has 0 fully saturated rings. The fourth-order valence-corrected chi connectivity index (χ4v) is 2.58. The molecule has 1 atom stereocenters. The van der Waals surface area contributed by atoms with E-state index in [1.54, 1.807) is 6.92 Å². The number of aromatic carboxylic acids is 1. The van der Waals surface area contributed by atoms with E-state index in [0.29, 0.717) is 5.56 Å². The van der Waals surface area contributed by atoms with Gasteiger partial charge in [0.25, 0.3) is 0 Å². The molecule has 0 saturated heterocycles. The molecule has 1 aromatic carbocycles. The van der Waals surface area contributed by atoms with Gasteiger partial charge in [-0.15, -0.1) is 0 Å². The quantitative estimate of drug-likeness (QED) is 0.579. The zero-order chi connectivity index (χ0) is 19.6. The molecule has 140 valence electrons. The highest BCUT2D eigenvalue weighted by Gasteiger charge is 2.24. The molecule has 4 heteroatoms. The molecule has 0 heterocycles. The predicted molar refractivity (Wildman–Crippen MR) is 104 cm³/mol. The second kappa shape index (κ2) is 11.3. The molecular weight excluding hydrogens is 316 g/mol. The zero-order valence-corrected chi connectivity index (χ0v) is 16.3. The van der Waals surface area contributed by atoms with Crippen LogP contribution >= 0.6 is 0 Å². The minimum absolute atomic E-state index is 0.0781. The molecule has 0 aliphatic heterocycles. The van der Waals surface area contributed by atoms with Gasteiger partial charge >= 0.3 is 5.97 Å². The minimum Gasteiger partial charge on any atom is -0.507 e. The third kappa shape index (κ3) is 6.29. The van der Waals surface area contributed by atoms with E-state index in [-0.39, 0.29) is 28.5 Å². The highest BCUT2D eigenvalue weighted by atomic mass is 16.4. The maximum atomic E-state index is 11.2. The van der Waals surface area contributed by atoms with Gasteiger partial charge in [0.05, 0.1) is 0 Å². The lowest BCUT2D eigenvalue weighted by atomic mass is 9.91. The van der Waals surface area contributed by atoms with Crippen LogP contribution in [0.25, 0.3) is 0 Å².